The summed E-state index contributed by atoms with van der Waals surface area (Å²) in [5, 5.41) is 5.74. The number of carbonyl (C=O) groups excluding carboxylic acids is 1. The number of amidine groups is 1. The molecule has 2 aromatic rings. The molecule has 3 heterocycles. The highest BCUT2D eigenvalue weighted by Gasteiger charge is 2.40. The molecule has 0 saturated carbocycles. The molecule has 3 rings (SSSR count). The average molecular weight is 552 g/mol. The second-order valence-corrected chi connectivity index (χ2v) is 8.83. The lowest BCUT2D eigenvalue weighted by atomic mass is 10.2. The SMILES string of the molecule is Cc1nsc(NC2=NCC(C(F)(F)F)N=C2)c1C(=O)Nc1ccc(OCCCN(C)CC(F)(F)F)nc1. The number of pyridine rings is 1. The van der Waals surface area contributed by atoms with E-state index in [1.165, 1.54) is 25.4 Å². The summed E-state index contributed by atoms with van der Waals surface area (Å²) in [4.78, 5) is 25.4. The minimum absolute atomic E-state index is 0.0750. The van der Waals surface area contributed by atoms with Gasteiger partial charge in [-0.05, 0) is 38.0 Å². The molecule has 1 atom stereocenters. The number of halogens is 6. The molecule has 0 aliphatic carbocycles. The van der Waals surface area contributed by atoms with Gasteiger partial charge in [-0.3, -0.25) is 19.7 Å². The smallest absolute Gasteiger partial charge is 0.412 e. The maximum Gasteiger partial charge on any atom is 0.412 e. The van der Waals surface area contributed by atoms with Gasteiger partial charge in [0.25, 0.3) is 5.91 Å². The Labute approximate surface area is 211 Å². The van der Waals surface area contributed by atoms with Crippen molar-refractivity contribution in [3.05, 3.63) is 29.6 Å². The Hall–Kier alpha value is -3.27. The van der Waals surface area contributed by atoms with Gasteiger partial charge in [-0.15, -0.1) is 0 Å². The van der Waals surface area contributed by atoms with Crippen molar-refractivity contribution in [3.63, 3.8) is 0 Å². The van der Waals surface area contributed by atoms with E-state index < -0.39 is 37.4 Å². The number of hydrogen-bond acceptors (Lipinski definition) is 9. The summed E-state index contributed by atoms with van der Waals surface area (Å²) in [5.41, 5.74) is 0.917. The number of aryl methyl sites for hydroxylation is 1. The summed E-state index contributed by atoms with van der Waals surface area (Å²) < 4.78 is 84.8. The Morgan fingerprint density at radius 3 is 2.59 bits per heavy atom. The van der Waals surface area contributed by atoms with Crippen molar-refractivity contribution in [2.24, 2.45) is 9.98 Å². The molecule has 1 aliphatic heterocycles. The number of amides is 1. The highest BCUT2D eigenvalue weighted by Crippen LogP contribution is 2.27. The van der Waals surface area contributed by atoms with Crippen LogP contribution < -0.4 is 15.4 Å². The molecule has 0 bridgehead atoms. The lowest BCUT2D eigenvalue weighted by Gasteiger charge is -2.18. The van der Waals surface area contributed by atoms with Crippen LogP contribution in [0.5, 0.6) is 5.88 Å². The highest BCUT2D eigenvalue weighted by atomic mass is 32.1. The molecule has 0 radical (unpaired) electrons. The van der Waals surface area contributed by atoms with Crippen LogP contribution in [0.2, 0.25) is 0 Å². The van der Waals surface area contributed by atoms with E-state index in [1.807, 2.05) is 0 Å². The van der Waals surface area contributed by atoms with Gasteiger partial charge in [-0.1, -0.05) is 0 Å². The summed E-state index contributed by atoms with van der Waals surface area (Å²) >= 11 is 0.945. The average Bonchev–Trinajstić information content (AvgIpc) is 3.16. The molecule has 2 N–H and O–H groups in total. The number of ether oxygens (including phenoxy) is 1. The van der Waals surface area contributed by atoms with E-state index in [-0.39, 0.29) is 35.4 Å². The molecule has 16 heteroatoms. The second kappa shape index (κ2) is 11.9. The summed E-state index contributed by atoms with van der Waals surface area (Å²) in [6, 6.07) is 1.13. The van der Waals surface area contributed by atoms with Gasteiger partial charge < -0.3 is 15.4 Å². The fraction of sp³-hybridized carbons (Fsp3) is 0.476. The quantitative estimate of drug-likeness (QED) is 0.358. The number of alkyl halides is 6. The monoisotopic (exact) mass is 551 g/mol. The number of nitrogens with zero attached hydrogens (tertiary/aromatic N) is 5. The molecule has 0 spiro atoms. The fourth-order valence-electron chi connectivity index (χ4n) is 3.16. The third-order valence-corrected chi connectivity index (χ3v) is 5.75. The number of carbonyl (C=O) groups is 1. The first kappa shape index (κ1) is 28.3. The molecule has 1 amide bonds. The maximum absolute atomic E-state index is 12.9. The van der Waals surface area contributed by atoms with Crippen molar-refractivity contribution >= 4 is 40.2 Å². The first-order chi connectivity index (χ1) is 17.3. The lowest BCUT2D eigenvalue weighted by Crippen LogP contribution is -2.34. The zero-order valence-electron chi connectivity index (χ0n) is 19.7. The first-order valence-corrected chi connectivity index (χ1v) is 11.6. The van der Waals surface area contributed by atoms with Crippen molar-refractivity contribution in [2.75, 3.05) is 43.9 Å². The van der Waals surface area contributed by atoms with Gasteiger partial charge in [0, 0.05) is 12.6 Å². The molecule has 37 heavy (non-hydrogen) atoms. The molecule has 1 unspecified atom stereocenters. The number of hydrogen-bond donors (Lipinski definition) is 2. The molecule has 1 aliphatic rings. The van der Waals surface area contributed by atoms with E-state index in [0.29, 0.717) is 17.8 Å². The highest BCUT2D eigenvalue weighted by molar-refractivity contribution is 7.11. The minimum Gasteiger partial charge on any atom is -0.478 e. The molecule has 0 aromatic carbocycles. The number of aromatic nitrogens is 2. The van der Waals surface area contributed by atoms with Crippen molar-refractivity contribution in [1.29, 1.82) is 0 Å². The third kappa shape index (κ3) is 8.66. The second-order valence-electron chi connectivity index (χ2n) is 8.05. The Bertz CT molecular complexity index is 1130. The molecule has 9 nitrogen and oxygen atoms in total. The van der Waals surface area contributed by atoms with E-state index in [9.17, 15) is 31.1 Å². The number of nitrogens with one attached hydrogen (secondary N) is 2. The van der Waals surface area contributed by atoms with Crippen LogP contribution in [0.1, 0.15) is 22.5 Å². The van der Waals surface area contributed by atoms with E-state index in [0.717, 1.165) is 22.6 Å². The molecule has 2 aromatic heterocycles. The normalized spacial score (nSPS) is 16.0. The number of anilines is 2. The van der Waals surface area contributed by atoms with Crippen molar-refractivity contribution < 1.29 is 35.9 Å². The number of rotatable bonds is 9. The Balaban J connectivity index is 1.52. The van der Waals surface area contributed by atoms with E-state index >= 15 is 0 Å². The first-order valence-electron chi connectivity index (χ1n) is 10.8. The minimum atomic E-state index is -4.49. The van der Waals surface area contributed by atoms with Crippen molar-refractivity contribution in [2.45, 2.75) is 31.7 Å². The van der Waals surface area contributed by atoms with Crippen LogP contribution >= 0.6 is 11.5 Å². The Kier molecular flexibility index (Phi) is 9.07. The third-order valence-electron chi connectivity index (χ3n) is 4.90. The zero-order chi connectivity index (χ0) is 27.2. The van der Waals surface area contributed by atoms with Gasteiger partial charge >= 0.3 is 12.4 Å². The number of aliphatic imine (C=N–C) groups is 2. The lowest BCUT2D eigenvalue weighted by molar-refractivity contribution is -0.144. The summed E-state index contributed by atoms with van der Waals surface area (Å²) in [6.07, 6.45) is -6.07. The van der Waals surface area contributed by atoms with Gasteiger partial charge in [0.2, 0.25) is 5.88 Å². The van der Waals surface area contributed by atoms with Gasteiger partial charge in [0.05, 0.1) is 49.1 Å². The fourth-order valence-corrected chi connectivity index (χ4v) is 3.96. The van der Waals surface area contributed by atoms with E-state index in [2.05, 4.69) is 30.0 Å². The van der Waals surface area contributed by atoms with Crippen LogP contribution in [-0.2, 0) is 0 Å². The Morgan fingerprint density at radius 2 is 2.00 bits per heavy atom. The van der Waals surface area contributed by atoms with E-state index in [1.54, 1.807) is 6.92 Å². The molecule has 0 fully saturated rings. The van der Waals surface area contributed by atoms with Gasteiger partial charge in [-0.25, -0.2) is 4.98 Å². The molecular formula is C21H23F6N7O2S. The van der Waals surface area contributed by atoms with Gasteiger partial charge in [0.1, 0.15) is 10.8 Å². The van der Waals surface area contributed by atoms with Gasteiger partial charge in [-0.2, -0.15) is 30.7 Å². The van der Waals surface area contributed by atoms with Crippen LogP contribution in [0.15, 0.2) is 28.3 Å². The summed E-state index contributed by atoms with van der Waals surface area (Å²) in [5.74, 6) is -0.219. The molecular weight excluding hydrogens is 528 g/mol. The topological polar surface area (TPSA) is 104 Å². The zero-order valence-corrected chi connectivity index (χ0v) is 20.5. The standard InChI is InChI=1S/C21H23F6N7O2S/c1-12-17(19(37-33-12)32-15-10-28-14(9-29-15)21(25,26)27)18(35)31-13-4-5-16(30-8-13)36-7-3-6-34(2)11-20(22,23)24/h4-5,8,10,14H,3,6-7,9,11H2,1-2H3,(H,29,32)(H,31,35). The molecule has 0 saturated heterocycles. The molecule has 202 valence electrons. The predicted octanol–water partition coefficient (Wildman–Crippen LogP) is 4.19. The van der Waals surface area contributed by atoms with Crippen LogP contribution in [-0.4, -0.2) is 83.9 Å². The maximum atomic E-state index is 12.9. The van der Waals surface area contributed by atoms with Crippen LogP contribution in [0.25, 0.3) is 0 Å². The largest absolute Gasteiger partial charge is 0.478 e. The van der Waals surface area contributed by atoms with Crippen LogP contribution in [0.3, 0.4) is 0 Å². The Morgan fingerprint density at radius 1 is 1.24 bits per heavy atom. The van der Waals surface area contributed by atoms with E-state index in [4.69, 9.17) is 4.74 Å². The van der Waals surface area contributed by atoms with Crippen LogP contribution in [0.4, 0.5) is 37.0 Å². The summed E-state index contributed by atoms with van der Waals surface area (Å²) in [6.45, 7) is 0.391. The van der Waals surface area contributed by atoms with Crippen molar-refractivity contribution in [1.82, 2.24) is 14.3 Å². The van der Waals surface area contributed by atoms with Crippen molar-refractivity contribution in [3.8, 4) is 5.88 Å². The predicted molar refractivity (Wildman–Crippen MR) is 127 cm³/mol. The van der Waals surface area contributed by atoms with Gasteiger partial charge in [0.15, 0.2) is 6.04 Å². The summed E-state index contributed by atoms with van der Waals surface area (Å²) in [7, 11) is 1.37. The van der Waals surface area contributed by atoms with Crippen LogP contribution in [0, 0.1) is 6.92 Å².